The molecule has 0 atom stereocenters. The number of methoxy groups -OCH3 is 4. The van der Waals surface area contributed by atoms with Crippen molar-refractivity contribution in [2.24, 2.45) is 10.8 Å². The summed E-state index contributed by atoms with van der Waals surface area (Å²) in [5.74, 6) is 2.88. The van der Waals surface area contributed by atoms with Crippen molar-refractivity contribution in [2.75, 3.05) is 54.9 Å². The third kappa shape index (κ3) is 40.2. The van der Waals surface area contributed by atoms with Crippen LogP contribution in [0.1, 0.15) is 41.5 Å². The number of hydrogen-bond donors (Lipinski definition) is 0. The molecule has 0 aliphatic heterocycles. The average Bonchev–Trinajstić information content (AvgIpc) is 3.28. The molecule has 0 bridgehead atoms. The maximum Gasteiger partial charge on any atom is 1.00 e. The van der Waals surface area contributed by atoms with E-state index in [1.165, 1.54) is 11.8 Å². The summed E-state index contributed by atoms with van der Waals surface area (Å²) in [6.07, 6.45) is 6.83. The first-order chi connectivity index (χ1) is 14.5. The molecule has 33 heavy (non-hydrogen) atoms. The van der Waals surface area contributed by atoms with E-state index in [0.717, 1.165) is 0 Å². The molecule has 0 amide bonds. The molecule has 0 aromatic carbocycles. The molecular weight excluding hydrogens is 519 g/mol. The first-order valence-electron chi connectivity index (χ1n) is 9.39. The van der Waals surface area contributed by atoms with Crippen LogP contribution < -0.4 is 29.6 Å². The Morgan fingerprint density at radius 1 is 0.576 bits per heavy atom. The van der Waals surface area contributed by atoms with Crippen molar-refractivity contribution in [2.45, 2.75) is 41.5 Å². The minimum Gasteiger partial charge on any atom is 0 e. The minimum atomic E-state index is 0. The Morgan fingerprint density at radius 2 is 0.758 bits per heavy atom. The van der Waals surface area contributed by atoms with Crippen molar-refractivity contribution >= 4 is 0 Å². The van der Waals surface area contributed by atoms with Crippen LogP contribution in [-0.4, -0.2) is 54.9 Å². The number of rotatable bonds is 6. The predicted octanol–water partition coefficient (Wildman–Crippen LogP) is 1.30. The molecule has 0 unspecified atom stereocenters. The van der Waals surface area contributed by atoms with E-state index in [-0.39, 0.29) is 61.5 Å². The van der Waals surface area contributed by atoms with E-state index in [9.17, 15) is 0 Å². The van der Waals surface area contributed by atoms with Gasteiger partial charge in [0, 0.05) is 49.5 Å². The molecular formula is C24H41MoNaO7+. The summed E-state index contributed by atoms with van der Waals surface area (Å²) in [5, 5.41) is 0. The first kappa shape index (κ1) is 50.6. The van der Waals surface area contributed by atoms with Gasteiger partial charge >= 0.3 is 63.5 Å². The molecule has 0 heterocycles. The van der Waals surface area contributed by atoms with Gasteiger partial charge in [0.05, 0.1) is 26.4 Å². The maximum atomic E-state index is 7.50. The van der Waals surface area contributed by atoms with Gasteiger partial charge in [-0.15, -0.1) is 0 Å². The van der Waals surface area contributed by atoms with Crippen molar-refractivity contribution in [1.82, 2.24) is 0 Å². The molecule has 0 aromatic rings. The smallest absolute Gasteiger partial charge is 0 e. The van der Waals surface area contributed by atoms with Crippen LogP contribution in [0.4, 0.5) is 0 Å². The summed E-state index contributed by atoms with van der Waals surface area (Å²) in [5.41, 5.74) is 0.562. The second-order valence-corrected chi connectivity index (χ2v) is 7.86. The normalized spacial score (nSPS) is 12.4. The van der Waals surface area contributed by atoms with Gasteiger partial charge in [-0.1, -0.05) is 41.5 Å². The van der Waals surface area contributed by atoms with E-state index in [0.29, 0.717) is 26.4 Å². The van der Waals surface area contributed by atoms with Crippen LogP contribution in [0.2, 0.25) is 0 Å². The molecule has 1 aliphatic rings. The van der Waals surface area contributed by atoms with E-state index in [4.69, 9.17) is 14.0 Å². The van der Waals surface area contributed by atoms with Gasteiger partial charge in [-0.05, 0) is 41.9 Å². The van der Waals surface area contributed by atoms with E-state index < -0.39 is 0 Å². The fraction of sp³-hybridized carbons (Fsp3) is 0.667. The fourth-order valence-electron chi connectivity index (χ4n) is 1.71. The molecule has 1 rings (SSSR count). The van der Waals surface area contributed by atoms with Crippen LogP contribution in [0.3, 0.4) is 0 Å². The Kier molecular flexibility index (Phi) is 57.2. The molecule has 1 fully saturated rings. The van der Waals surface area contributed by atoms with Crippen molar-refractivity contribution in [3.05, 3.63) is 51.0 Å². The van der Waals surface area contributed by atoms with Crippen molar-refractivity contribution in [1.29, 1.82) is 0 Å². The third-order valence-electron chi connectivity index (χ3n) is 3.47. The standard InChI is InChI=1S/C13H21.2C4H10O2.3CO.Mo.Na/c1-12(2,3)10-7-8-11(9-10)13(4,5)6;2*1-5-3-4-6-2;3*1-2;;/h7-9H,1-6H3;2*3-4H2,1-2H3;;;;;/q;;;;;;;+1. The van der Waals surface area contributed by atoms with Crippen LogP contribution in [0, 0.1) is 61.9 Å². The predicted molar refractivity (Wildman–Crippen MR) is 118 cm³/mol. The van der Waals surface area contributed by atoms with Crippen LogP contribution in [0.15, 0.2) is 0 Å². The van der Waals surface area contributed by atoms with Crippen LogP contribution in [0.25, 0.3) is 0 Å². The third-order valence-corrected chi connectivity index (χ3v) is 3.47. The maximum absolute atomic E-state index is 7.50. The Bertz CT molecular complexity index is 352. The van der Waals surface area contributed by atoms with Gasteiger partial charge in [0.25, 0.3) is 0 Å². The monoisotopic (exact) mass is 562 g/mol. The zero-order valence-electron chi connectivity index (χ0n) is 22.3. The Morgan fingerprint density at radius 3 is 0.848 bits per heavy atom. The summed E-state index contributed by atoms with van der Waals surface area (Å²) in [6.45, 7) is 29.8. The van der Waals surface area contributed by atoms with Gasteiger partial charge in [-0.2, -0.15) is 0 Å². The molecule has 0 spiro atoms. The summed E-state index contributed by atoms with van der Waals surface area (Å²) >= 11 is 0. The Labute approximate surface area is 240 Å². The average molecular weight is 561 g/mol. The molecule has 5 radical (unpaired) electrons. The zero-order valence-corrected chi connectivity index (χ0v) is 26.3. The number of ether oxygens (including phenoxy) is 4. The molecule has 0 saturated heterocycles. The SMILES string of the molecule is CC(C)(C)[C]1[CH][CH][C](C(C)(C)C)[CH]1.COCCOC.COCCOC.[C-]#[O+].[C-]#[O+].[C-]#[O+].[Mo].[Na+]. The molecule has 0 N–H and O–H groups in total. The molecule has 185 valence electrons. The first-order valence-corrected chi connectivity index (χ1v) is 9.39. The van der Waals surface area contributed by atoms with E-state index in [2.05, 4.69) is 99.7 Å². The van der Waals surface area contributed by atoms with Gasteiger partial charge in [-0.25, -0.2) is 0 Å². The van der Waals surface area contributed by atoms with Gasteiger partial charge in [0.1, 0.15) is 0 Å². The van der Waals surface area contributed by atoms with E-state index in [1.807, 2.05) is 0 Å². The Balaban J connectivity index is -0.0000000581. The summed E-state index contributed by atoms with van der Waals surface area (Å²) in [4.78, 5) is 0. The summed E-state index contributed by atoms with van der Waals surface area (Å²) < 4.78 is 41.1. The summed E-state index contributed by atoms with van der Waals surface area (Å²) in [6, 6.07) is 0. The van der Waals surface area contributed by atoms with Gasteiger partial charge in [0.15, 0.2) is 0 Å². The van der Waals surface area contributed by atoms with E-state index in [1.54, 1.807) is 28.4 Å². The number of hydrogen-bond acceptors (Lipinski definition) is 4. The van der Waals surface area contributed by atoms with Crippen LogP contribution in [0.5, 0.6) is 0 Å². The summed E-state index contributed by atoms with van der Waals surface area (Å²) in [7, 11) is 6.61. The van der Waals surface area contributed by atoms with E-state index >= 15 is 0 Å². The fourth-order valence-corrected chi connectivity index (χ4v) is 1.71. The topological polar surface area (TPSA) is 96.6 Å². The van der Waals surface area contributed by atoms with Gasteiger partial charge in [-0.3, -0.25) is 0 Å². The quantitative estimate of drug-likeness (QED) is 0.212. The molecule has 1 saturated carbocycles. The molecule has 9 heteroatoms. The Hall–Kier alpha value is 0.748. The molecule has 0 aromatic heterocycles. The van der Waals surface area contributed by atoms with Gasteiger partial charge in [0.2, 0.25) is 0 Å². The zero-order chi connectivity index (χ0) is 25.9. The van der Waals surface area contributed by atoms with Crippen LogP contribution >= 0.6 is 0 Å². The van der Waals surface area contributed by atoms with Crippen molar-refractivity contribution in [3.63, 3.8) is 0 Å². The van der Waals surface area contributed by atoms with Gasteiger partial charge < -0.3 is 18.9 Å². The second kappa shape index (κ2) is 37.3. The minimum absolute atomic E-state index is 0. The molecule has 7 nitrogen and oxygen atoms in total. The van der Waals surface area contributed by atoms with Crippen molar-refractivity contribution < 1.29 is 83.5 Å². The van der Waals surface area contributed by atoms with Crippen molar-refractivity contribution in [3.8, 4) is 0 Å². The largest absolute Gasteiger partial charge is 1.00 e. The van der Waals surface area contributed by atoms with Crippen LogP contribution in [-0.2, 0) is 54.0 Å². The molecule has 1 aliphatic carbocycles. The second-order valence-electron chi connectivity index (χ2n) is 7.86.